The van der Waals surface area contributed by atoms with Crippen molar-refractivity contribution in [2.45, 2.75) is 20.0 Å². The molecule has 26 heavy (non-hydrogen) atoms. The molecule has 138 valence electrons. The molecular formula is C21H26N2O3. The van der Waals surface area contributed by atoms with Gasteiger partial charge in [0.15, 0.2) is 0 Å². The van der Waals surface area contributed by atoms with Gasteiger partial charge in [0.25, 0.3) is 5.91 Å². The third-order valence-electron chi connectivity index (χ3n) is 4.44. The molecule has 0 aromatic heterocycles. The van der Waals surface area contributed by atoms with Crippen LogP contribution in [0.1, 0.15) is 28.4 Å². The molecule has 5 heteroatoms. The average molecular weight is 354 g/mol. The van der Waals surface area contributed by atoms with Crippen LogP contribution in [0.15, 0.2) is 48.5 Å². The topological polar surface area (TPSA) is 50.8 Å². The second-order valence-electron chi connectivity index (χ2n) is 6.31. The number of nitrogens with one attached hydrogen (secondary N) is 1. The van der Waals surface area contributed by atoms with E-state index in [0.717, 1.165) is 44.2 Å². The molecule has 0 unspecified atom stereocenters. The SMILES string of the molecule is CCOc1ccccc1CNC(=O)c1ccc(CN2CCOCC2)cc1. The number of carbonyl (C=O) groups excluding carboxylic acids is 1. The summed E-state index contributed by atoms with van der Waals surface area (Å²) in [5, 5.41) is 2.97. The molecule has 0 spiro atoms. The number of amides is 1. The van der Waals surface area contributed by atoms with Crippen LogP contribution in [0.25, 0.3) is 0 Å². The van der Waals surface area contributed by atoms with Crippen LogP contribution in [-0.2, 0) is 17.8 Å². The lowest BCUT2D eigenvalue weighted by Crippen LogP contribution is -2.35. The van der Waals surface area contributed by atoms with Gasteiger partial charge in [-0.1, -0.05) is 30.3 Å². The molecule has 0 aliphatic carbocycles. The van der Waals surface area contributed by atoms with Crippen LogP contribution in [0.2, 0.25) is 0 Å². The first-order valence-corrected chi connectivity index (χ1v) is 9.14. The summed E-state index contributed by atoms with van der Waals surface area (Å²) in [5.74, 6) is 0.741. The van der Waals surface area contributed by atoms with Gasteiger partial charge >= 0.3 is 0 Å². The predicted molar refractivity (Wildman–Crippen MR) is 101 cm³/mol. The van der Waals surface area contributed by atoms with Crippen LogP contribution in [0, 0.1) is 0 Å². The number of ether oxygens (including phenoxy) is 2. The summed E-state index contributed by atoms with van der Waals surface area (Å²) >= 11 is 0. The summed E-state index contributed by atoms with van der Waals surface area (Å²) in [6.45, 7) is 7.41. The maximum Gasteiger partial charge on any atom is 0.251 e. The van der Waals surface area contributed by atoms with Crippen LogP contribution >= 0.6 is 0 Å². The highest BCUT2D eigenvalue weighted by Gasteiger charge is 2.12. The Labute approximate surface area is 154 Å². The number of hydrogen-bond donors (Lipinski definition) is 1. The van der Waals surface area contributed by atoms with Gasteiger partial charge in [0.2, 0.25) is 0 Å². The van der Waals surface area contributed by atoms with Crippen LogP contribution in [0.3, 0.4) is 0 Å². The summed E-state index contributed by atoms with van der Waals surface area (Å²) < 4.78 is 11.0. The highest BCUT2D eigenvalue weighted by Crippen LogP contribution is 2.18. The van der Waals surface area contributed by atoms with E-state index in [4.69, 9.17) is 9.47 Å². The smallest absolute Gasteiger partial charge is 0.251 e. The van der Waals surface area contributed by atoms with Crippen molar-refractivity contribution in [3.63, 3.8) is 0 Å². The zero-order chi connectivity index (χ0) is 18.2. The van der Waals surface area contributed by atoms with Gasteiger partial charge in [-0.15, -0.1) is 0 Å². The number of morpholine rings is 1. The van der Waals surface area contributed by atoms with Gasteiger partial charge in [-0.25, -0.2) is 0 Å². The summed E-state index contributed by atoms with van der Waals surface area (Å²) in [6.07, 6.45) is 0. The minimum absolute atomic E-state index is 0.0748. The van der Waals surface area contributed by atoms with E-state index in [2.05, 4.69) is 10.2 Å². The van der Waals surface area contributed by atoms with Crippen LogP contribution in [0.5, 0.6) is 5.75 Å². The molecular weight excluding hydrogens is 328 g/mol. The zero-order valence-corrected chi connectivity index (χ0v) is 15.2. The highest BCUT2D eigenvalue weighted by atomic mass is 16.5. The van der Waals surface area contributed by atoms with Gasteiger partial charge in [-0.05, 0) is 30.7 Å². The number of benzene rings is 2. The van der Waals surface area contributed by atoms with Crippen molar-refractivity contribution in [3.8, 4) is 5.75 Å². The minimum Gasteiger partial charge on any atom is -0.494 e. The van der Waals surface area contributed by atoms with E-state index in [0.29, 0.717) is 18.7 Å². The lowest BCUT2D eigenvalue weighted by atomic mass is 10.1. The van der Waals surface area contributed by atoms with Crippen LogP contribution in [0.4, 0.5) is 0 Å². The minimum atomic E-state index is -0.0748. The molecule has 0 saturated carbocycles. The lowest BCUT2D eigenvalue weighted by Gasteiger charge is -2.26. The number of hydrogen-bond acceptors (Lipinski definition) is 4. The molecule has 3 rings (SSSR count). The number of rotatable bonds is 7. The van der Waals surface area contributed by atoms with E-state index < -0.39 is 0 Å². The molecule has 5 nitrogen and oxygen atoms in total. The molecule has 1 saturated heterocycles. The first kappa shape index (κ1) is 18.4. The molecule has 0 bridgehead atoms. The quantitative estimate of drug-likeness (QED) is 0.831. The molecule has 1 aliphatic heterocycles. The van der Waals surface area contributed by atoms with Crippen molar-refractivity contribution < 1.29 is 14.3 Å². The second kappa shape index (κ2) is 9.36. The summed E-state index contributed by atoms with van der Waals surface area (Å²) in [6, 6.07) is 15.6. The molecule has 2 aromatic carbocycles. The van der Waals surface area contributed by atoms with Gasteiger partial charge in [0.1, 0.15) is 5.75 Å². The van der Waals surface area contributed by atoms with E-state index in [1.165, 1.54) is 5.56 Å². The maximum atomic E-state index is 12.4. The average Bonchev–Trinajstić information content (AvgIpc) is 2.69. The van der Waals surface area contributed by atoms with Crippen molar-refractivity contribution in [1.29, 1.82) is 0 Å². The summed E-state index contributed by atoms with van der Waals surface area (Å²) in [4.78, 5) is 14.8. The van der Waals surface area contributed by atoms with Crippen molar-refractivity contribution in [1.82, 2.24) is 10.2 Å². The molecule has 0 atom stereocenters. The monoisotopic (exact) mass is 354 g/mol. The number of nitrogens with zero attached hydrogens (tertiary/aromatic N) is 1. The lowest BCUT2D eigenvalue weighted by molar-refractivity contribution is 0.0342. The molecule has 1 fully saturated rings. The molecule has 1 N–H and O–H groups in total. The Morgan fingerprint density at radius 1 is 1.12 bits per heavy atom. The third-order valence-corrected chi connectivity index (χ3v) is 4.44. The fourth-order valence-electron chi connectivity index (χ4n) is 3.00. The predicted octanol–water partition coefficient (Wildman–Crippen LogP) is 2.85. The molecule has 1 aliphatic rings. The van der Waals surface area contributed by atoms with E-state index >= 15 is 0 Å². The number of carbonyl (C=O) groups is 1. The first-order valence-electron chi connectivity index (χ1n) is 9.14. The Hall–Kier alpha value is -2.37. The maximum absolute atomic E-state index is 12.4. The van der Waals surface area contributed by atoms with Gasteiger partial charge in [-0.3, -0.25) is 9.69 Å². The molecule has 1 heterocycles. The van der Waals surface area contributed by atoms with Crippen molar-refractivity contribution in [2.75, 3.05) is 32.9 Å². The Morgan fingerprint density at radius 3 is 2.58 bits per heavy atom. The normalized spacial score (nSPS) is 14.8. The Kier molecular flexibility index (Phi) is 6.63. The Morgan fingerprint density at radius 2 is 1.85 bits per heavy atom. The Balaban J connectivity index is 1.55. The van der Waals surface area contributed by atoms with Crippen LogP contribution in [-0.4, -0.2) is 43.7 Å². The fraction of sp³-hybridized carbons (Fsp3) is 0.381. The fourth-order valence-corrected chi connectivity index (χ4v) is 3.00. The molecule has 2 aromatic rings. The van der Waals surface area contributed by atoms with Gasteiger partial charge in [0, 0.05) is 37.3 Å². The molecule has 1 amide bonds. The standard InChI is InChI=1S/C21H26N2O3/c1-2-26-20-6-4-3-5-19(20)15-22-21(24)18-9-7-17(8-10-18)16-23-11-13-25-14-12-23/h3-10H,2,11-16H2,1H3,(H,22,24). The largest absolute Gasteiger partial charge is 0.494 e. The van der Waals surface area contributed by atoms with E-state index in [1.54, 1.807) is 0 Å². The van der Waals surface area contributed by atoms with Gasteiger partial charge in [-0.2, -0.15) is 0 Å². The zero-order valence-electron chi connectivity index (χ0n) is 15.2. The number of para-hydroxylation sites is 1. The Bertz CT molecular complexity index is 709. The van der Waals surface area contributed by atoms with Crippen molar-refractivity contribution in [3.05, 3.63) is 65.2 Å². The van der Waals surface area contributed by atoms with Gasteiger partial charge < -0.3 is 14.8 Å². The first-order chi connectivity index (χ1) is 12.8. The summed E-state index contributed by atoms with van der Waals surface area (Å²) in [7, 11) is 0. The third kappa shape index (κ3) is 5.07. The van der Waals surface area contributed by atoms with E-state index in [-0.39, 0.29) is 5.91 Å². The second-order valence-corrected chi connectivity index (χ2v) is 6.31. The van der Waals surface area contributed by atoms with Gasteiger partial charge in [0.05, 0.1) is 19.8 Å². The summed E-state index contributed by atoms with van der Waals surface area (Å²) in [5.41, 5.74) is 2.86. The molecule has 0 radical (unpaired) electrons. The van der Waals surface area contributed by atoms with E-state index in [9.17, 15) is 4.79 Å². The van der Waals surface area contributed by atoms with Crippen molar-refractivity contribution >= 4 is 5.91 Å². The van der Waals surface area contributed by atoms with Crippen molar-refractivity contribution in [2.24, 2.45) is 0 Å². The van der Waals surface area contributed by atoms with E-state index in [1.807, 2.05) is 55.5 Å². The van der Waals surface area contributed by atoms with Crippen LogP contribution < -0.4 is 10.1 Å². The highest BCUT2D eigenvalue weighted by molar-refractivity contribution is 5.94.